The third-order valence-corrected chi connectivity index (χ3v) is 5.46. The fraction of sp³-hybridized carbons (Fsp3) is 0.632. The minimum atomic E-state index is -0.461. The Kier molecular flexibility index (Phi) is 5.34. The summed E-state index contributed by atoms with van der Waals surface area (Å²) in [6, 6.07) is 10.2. The molecule has 1 atom stereocenters. The number of carbonyl (C=O) groups excluding carboxylic acids is 1. The molecular weight excluding hydrogens is 290 g/mol. The van der Waals surface area contributed by atoms with E-state index in [1.54, 1.807) is 0 Å². The summed E-state index contributed by atoms with van der Waals surface area (Å²) in [5.74, 6) is 0.356. The second kappa shape index (κ2) is 7.45. The van der Waals surface area contributed by atoms with Gasteiger partial charge in [-0.25, -0.2) is 0 Å². The molecule has 1 aliphatic heterocycles. The van der Waals surface area contributed by atoms with E-state index in [1.165, 1.54) is 5.56 Å². The molecule has 0 bridgehead atoms. The van der Waals surface area contributed by atoms with Crippen molar-refractivity contribution in [3.05, 3.63) is 35.9 Å². The number of aliphatic hydroxyl groups excluding tert-OH is 1. The van der Waals surface area contributed by atoms with Gasteiger partial charge < -0.3 is 15.2 Å². The van der Waals surface area contributed by atoms with Gasteiger partial charge in [0, 0.05) is 19.8 Å². The average Bonchev–Trinajstić information content (AvgIpc) is 2.57. The Morgan fingerprint density at radius 2 is 1.96 bits per heavy atom. The smallest absolute Gasteiger partial charge is 0.226 e. The van der Waals surface area contributed by atoms with E-state index in [4.69, 9.17) is 4.74 Å². The van der Waals surface area contributed by atoms with Gasteiger partial charge in [-0.3, -0.25) is 4.79 Å². The van der Waals surface area contributed by atoms with Crippen molar-refractivity contribution in [2.45, 2.75) is 44.6 Å². The molecule has 1 aliphatic carbocycles. The maximum Gasteiger partial charge on any atom is 0.226 e. The first-order valence-electron chi connectivity index (χ1n) is 8.78. The first kappa shape index (κ1) is 16.5. The molecule has 0 spiro atoms. The van der Waals surface area contributed by atoms with E-state index in [2.05, 4.69) is 17.4 Å². The fourth-order valence-electron chi connectivity index (χ4n) is 3.73. The lowest BCUT2D eigenvalue weighted by molar-refractivity contribution is -0.136. The normalized spacial score (nSPS) is 22.1. The molecule has 1 amide bonds. The number of hydrogen-bond donors (Lipinski definition) is 2. The first-order valence-corrected chi connectivity index (χ1v) is 8.78. The van der Waals surface area contributed by atoms with E-state index in [0.717, 1.165) is 38.5 Å². The van der Waals surface area contributed by atoms with Crippen molar-refractivity contribution in [1.29, 1.82) is 0 Å². The van der Waals surface area contributed by atoms with Gasteiger partial charge >= 0.3 is 0 Å². The predicted octanol–water partition coefficient (Wildman–Crippen LogP) is 2.30. The lowest BCUT2D eigenvalue weighted by Crippen LogP contribution is -2.49. The van der Waals surface area contributed by atoms with Crippen LogP contribution in [0.2, 0.25) is 0 Å². The van der Waals surface area contributed by atoms with Crippen LogP contribution in [0.5, 0.6) is 0 Å². The summed E-state index contributed by atoms with van der Waals surface area (Å²) in [5, 5.41) is 13.3. The van der Waals surface area contributed by atoms with E-state index >= 15 is 0 Å². The Labute approximate surface area is 138 Å². The highest BCUT2D eigenvalue weighted by Gasteiger charge is 2.44. The van der Waals surface area contributed by atoms with Crippen LogP contribution in [0, 0.1) is 11.3 Å². The molecule has 1 aromatic rings. The summed E-state index contributed by atoms with van der Waals surface area (Å²) in [4.78, 5) is 12.7. The Hall–Kier alpha value is -1.39. The molecule has 2 aliphatic rings. The van der Waals surface area contributed by atoms with Gasteiger partial charge in [0.2, 0.25) is 5.91 Å². The number of amides is 1. The molecule has 1 heterocycles. The van der Waals surface area contributed by atoms with Crippen LogP contribution in [0.4, 0.5) is 0 Å². The standard InChI is InChI=1S/C19H27NO3/c21-17(16-7-11-23-12-8-16)14-20-18(22)19(9-4-10-19)13-15-5-2-1-3-6-15/h1-3,5-6,16-17,21H,4,7-14H2,(H,20,22)/t17-/m0/s1. The minimum Gasteiger partial charge on any atom is -0.391 e. The lowest BCUT2D eigenvalue weighted by atomic mass is 9.64. The quantitative estimate of drug-likeness (QED) is 0.846. The van der Waals surface area contributed by atoms with Crippen LogP contribution in [0.25, 0.3) is 0 Å². The summed E-state index contributed by atoms with van der Waals surface area (Å²) >= 11 is 0. The largest absolute Gasteiger partial charge is 0.391 e. The van der Waals surface area contributed by atoms with Crippen molar-refractivity contribution in [3.63, 3.8) is 0 Å². The van der Waals surface area contributed by atoms with Gasteiger partial charge in [0.25, 0.3) is 0 Å². The second-order valence-electron chi connectivity index (χ2n) is 7.02. The summed E-state index contributed by atoms with van der Waals surface area (Å²) in [7, 11) is 0. The monoisotopic (exact) mass is 317 g/mol. The molecule has 0 radical (unpaired) electrons. The summed E-state index contributed by atoms with van der Waals surface area (Å²) < 4.78 is 5.32. The molecule has 1 aromatic carbocycles. The molecule has 3 rings (SSSR count). The molecule has 23 heavy (non-hydrogen) atoms. The summed E-state index contributed by atoms with van der Waals surface area (Å²) in [6.45, 7) is 1.79. The number of rotatable bonds is 6. The van der Waals surface area contributed by atoms with Crippen LogP contribution in [0.15, 0.2) is 30.3 Å². The number of benzene rings is 1. The highest BCUT2D eigenvalue weighted by molar-refractivity contribution is 5.83. The Morgan fingerprint density at radius 3 is 2.57 bits per heavy atom. The van der Waals surface area contributed by atoms with Gasteiger partial charge in [0.1, 0.15) is 0 Å². The van der Waals surface area contributed by atoms with E-state index in [1.807, 2.05) is 18.2 Å². The van der Waals surface area contributed by atoms with E-state index in [0.29, 0.717) is 19.8 Å². The Balaban J connectivity index is 1.53. The number of carbonyl (C=O) groups is 1. The maximum absolute atomic E-state index is 12.7. The summed E-state index contributed by atoms with van der Waals surface area (Å²) in [5.41, 5.74) is 0.948. The zero-order valence-corrected chi connectivity index (χ0v) is 13.7. The topological polar surface area (TPSA) is 58.6 Å². The van der Waals surface area contributed by atoms with Crippen molar-refractivity contribution >= 4 is 5.91 Å². The van der Waals surface area contributed by atoms with E-state index < -0.39 is 6.10 Å². The number of aliphatic hydroxyl groups is 1. The molecule has 0 unspecified atom stereocenters. The first-order chi connectivity index (χ1) is 11.2. The minimum absolute atomic E-state index is 0.110. The molecule has 4 heteroatoms. The van der Waals surface area contributed by atoms with Crippen LogP contribution >= 0.6 is 0 Å². The molecule has 126 valence electrons. The zero-order chi connectivity index (χ0) is 16.1. The number of ether oxygens (including phenoxy) is 1. The molecule has 0 aromatic heterocycles. The van der Waals surface area contributed by atoms with Gasteiger partial charge in [-0.05, 0) is 43.6 Å². The molecule has 2 N–H and O–H groups in total. The molecule has 2 fully saturated rings. The molecule has 1 saturated heterocycles. The van der Waals surface area contributed by atoms with Crippen molar-refractivity contribution in [2.75, 3.05) is 19.8 Å². The van der Waals surface area contributed by atoms with Crippen LogP contribution in [-0.4, -0.2) is 36.9 Å². The second-order valence-corrected chi connectivity index (χ2v) is 7.02. The molecule has 1 saturated carbocycles. The highest BCUT2D eigenvalue weighted by Crippen LogP contribution is 2.44. The molecular formula is C19H27NO3. The zero-order valence-electron chi connectivity index (χ0n) is 13.7. The van der Waals surface area contributed by atoms with E-state index in [-0.39, 0.29) is 17.2 Å². The van der Waals surface area contributed by atoms with Crippen molar-refractivity contribution in [2.24, 2.45) is 11.3 Å². The van der Waals surface area contributed by atoms with Crippen LogP contribution in [0.1, 0.15) is 37.7 Å². The number of hydrogen-bond acceptors (Lipinski definition) is 3. The van der Waals surface area contributed by atoms with Gasteiger partial charge in [-0.2, -0.15) is 0 Å². The van der Waals surface area contributed by atoms with Crippen molar-refractivity contribution in [1.82, 2.24) is 5.32 Å². The Bertz CT molecular complexity index is 507. The van der Waals surface area contributed by atoms with Gasteiger partial charge in [0.15, 0.2) is 0 Å². The average molecular weight is 317 g/mol. The van der Waals surface area contributed by atoms with Crippen LogP contribution in [0.3, 0.4) is 0 Å². The maximum atomic E-state index is 12.7. The van der Waals surface area contributed by atoms with Gasteiger partial charge in [0.05, 0.1) is 11.5 Å². The van der Waals surface area contributed by atoms with Crippen molar-refractivity contribution in [3.8, 4) is 0 Å². The van der Waals surface area contributed by atoms with E-state index in [9.17, 15) is 9.90 Å². The van der Waals surface area contributed by atoms with Gasteiger partial charge in [-0.1, -0.05) is 36.8 Å². The summed E-state index contributed by atoms with van der Waals surface area (Å²) in [6.07, 6.45) is 5.10. The van der Waals surface area contributed by atoms with Crippen LogP contribution in [-0.2, 0) is 16.0 Å². The highest BCUT2D eigenvalue weighted by atomic mass is 16.5. The lowest BCUT2D eigenvalue weighted by Gasteiger charge is -2.41. The molecule has 4 nitrogen and oxygen atoms in total. The Morgan fingerprint density at radius 1 is 1.26 bits per heavy atom. The predicted molar refractivity (Wildman–Crippen MR) is 89.0 cm³/mol. The van der Waals surface area contributed by atoms with Crippen LogP contribution < -0.4 is 5.32 Å². The third-order valence-electron chi connectivity index (χ3n) is 5.46. The SMILES string of the molecule is O=C(NC[C@H](O)C1CCOCC1)C1(Cc2ccccc2)CCC1. The number of nitrogens with one attached hydrogen (secondary N) is 1. The van der Waals surface area contributed by atoms with Crippen molar-refractivity contribution < 1.29 is 14.6 Å². The fourth-order valence-corrected chi connectivity index (χ4v) is 3.73. The van der Waals surface area contributed by atoms with Gasteiger partial charge in [-0.15, -0.1) is 0 Å². The third kappa shape index (κ3) is 3.93.